The van der Waals surface area contributed by atoms with Crippen LogP contribution in [0.2, 0.25) is 0 Å². The number of urea groups is 1. The molecule has 0 spiro atoms. The predicted molar refractivity (Wildman–Crippen MR) is 127 cm³/mol. The molecule has 2 fully saturated rings. The molecule has 8 heteroatoms. The number of nitrogens with one attached hydrogen (secondary N) is 3. The first-order valence-electron chi connectivity index (χ1n) is 11.5. The summed E-state index contributed by atoms with van der Waals surface area (Å²) in [5, 5.41) is 7.88. The van der Waals surface area contributed by atoms with E-state index in [2.05, 4.69) is 16.0 Å². The smallest absolute Gasteiger partial charge is 0.322 e. The largest absolute Gasteiger partial charge is 0.352 e. The van der Waals surface area contributed by atoms with Gasteiger partial charge < -0.3 is 15.5 Å². The molecule has 2 heterocycles. The Morgan fingerprint density at radius 3 is 2.53 bits per heavy atom. The zero-order valence-electron chi connectivity index (χ0n) is 19.7. The van der Waals surface area contributed by atoms with Crippen molar-refractivity contribution in [1.82, 2.24) is 20.9 Å². The Hall–Kier alpha value is -3.68. The van der Waals surface area contributed by atoms with Gasteiger partial charge in [-0.3, -0.25) is 19.7 Å². The fourth-order valence-electron chi connectivity index (χ4n) is 4.73. The SMILES string of the molecule is Cc1cc(C)cc(C(=O)N2CCCC(C(=O)NCc3cccc(C4(C)NC(=O)NC4=O)c3)C2)c1. The number of benzene rings is 2. The molecule has 178 valence electrons. The van der Waals surface area contributed by atoms with Crippen molar-refractivity contribution in [2.75, 3.05) is 13.1 Å². The maximum Gasteiger partial charge on any atom is 0.322 e. The van der Waals surface area contributed by atoms with Crippen LogP contribution in [0.3, 0.4) is 0 Å². The van der Waals surface area contributed by atoms with E-state index < -0.39 is 17.5 Å². The fraction of sp³-hybridized carbons (Fsp3) is 0.385. The number of hydrogen-bond acceptors (Lipinski definition) is 4. The molecule has 5 amide bonds. The maximum atomic E-state index is 13.0. The molecule has 0 bridgehead atoms. The van der Waals surface area contributed by atoms with Crippen LogP contribution in [0.4, 0.5) is 4.79 Å². The monoisotopic (exact) mass is 462 g/mol. The summed E-state index contributed by atoms with van der Waals surface area (Å²) in [4.78, 5) is 51.5. The molecular weight excluding hydrogens is 432 g/mol. The molecular formula is C26H30N4O4. The molecule has 0 saturated carbocycles. The van der Waals surface area contributed by atoms with Crippen LogP contribution >= 0.6 is 0 Å². The minimum Gasteiger partial charge on any atom is -0.352 e. The number of imide groups is 1. The molecule has 0 aromatic heterocycles. The molecule has 2 aliphatic heterocycles. The van der Waals surface area contributed by atoms with E-state index in [1.54, 1.807) is 24.0 Å². The topological polar surface area (TPSA) is 108 Å². The molecule has 0 radical (unpaired) electrons. The molecule has 8 nitrogen and oxygen atoms in total. The van der Waals surface area contributed by atoms with Gasteiger partial charge in [0.2, 0.25) is 5.91 Å². The van der Waals surface area contributed by atoms with E-state index in [0.29, 0.717) is 30.8 Å². The van der Waals surface area contributed by atoms with E-state index in [1.165, 1.54) is 0 Å². The lowest BCUT2D eigenvalue weighted by molar-refractivity contribution is -0.126. The molecule has 2 aliphatic rings. The Labute approximate surface area is 199 Å². The zero-order valence-corrected chi connectivity index (χ0v) is 19.7. The van der Waals surface area contributed by atoms with Crippen molar-refractivity contribution < 1.29 is 19.2 Å². The van der Waals surface area contributed by atoms with Gasteiger partial charge in [0.1, 0.15) is 5.54 Å². The van der Waals surface area contributed by atoms with Gasteiger partial charge in [-0.25, -0.2) is 4.79 Å². The van der Waals surface area contributed by atoms with Crippen LogP contribution in [-0.2, 0) is 21.7 Å². The number of amides is 5. The van der Waals surface area contributed by atoms with Crippen LogP contribution < -0.4 is 16.0 Å². The summed E-state index contributed by atoms with van der Waals surface area (Å²) < 4.78 is 0. The van der Waals surface area contributed by atoms with Crippen molar-refractivity contribution in [2.24, 2.45) is 5.92 Å². The lowest BCUT2D eigenvalue weighted by Gasteiger charge is -2.32. The number of hydrogen-bond donors (Lipinski definition) is 3. The van der Waals surface area contributed by atoms with Crippen molar-refractivity contribution in [3.63, 3.8) is 0 Å². The summed E-state index contributed by atoms with van der Waals surface area (Å²) in [6, 6.07) is 12.5. The third-order valence-electron chi connectivity index (χ3n) is 6.56. The first kappa shape index (κ1) is 23.5. The second kappa shape index (κ2) is 9.29. The van der Waals surface area contributed by atoms with Crippen LogP contribution in [0, 0.1) is 19.8 Å². The minimum absolute atomic E-state index is 0.0397. The van der Waals surface area contributed by atoms with E-state index in [9.17, 15) is 19.2 Å². The Balaban J connectivity index is 1.38. The zero-order chi connectivity index (χ0) is 24.5. The van der Waals surface area contributed by atoms with Crippen LogP contribution in [-0.4, -0.2) is 41.7 Å². The van der Waals surface area contributed by atoms with Crippen molar-refractivity contribution in [3.8, 4) is 0 Å². The molecule has 2 saturated heterocycles. The van der Waals surface area contributed by atoms with Gasteiger partial charge >= 0.3 is 6.03 Å². The third kappa shape index (κ3) is 4.81. The van der Waals surface area contributed by atoms with Crippen LogP contribution in [0.1, 0.15) is 52.4 Å². The summed E-state index contributed by atoms with van der Waals surface area (Å²) in [5.74, 6) is -0.817. The second-order valence-electron chi connectivity index (χ2n) is 9.42. The summed E-state index contributed by atoms with van der Waals surface area (Å²) in [5.41, 5.74) is 3.06. The number of rotatable bonds is 5. The number of carbonyl (C=O) groups excluding carboxylic acids is 4. The van der Waals surface area contributed by atoms with Gasteiger partial charge in [0.05, 0.1) is 5.92 Å². The van der Waals surface area contributed by atoms with Gasteiger partial charge in [0.15, 0.2) is 0 Å². The quantitative estimate of drug-likeness (QED) is 0.594. The van der Waals surface area contributed by atoms with Crippen LogP contribution in [0.25, 0.3) is 0 Å². The van der Waals surface area contributed by atoms with Crippen LogP contribution in [0.15, 0.2) is 42.5 Å². The Morgan fingerprint density at radius 1 is 1.12 bits per heavy atom. The first-order valence-corrected chi connectivity index (χ1v) is 11.5. The minimum atomic E-state index is -1.14. The van der Waals surface area contributed by atoms with Gasteiger partial charge in [-0.15, -0.1) is 0 Å². The van der Waals surface area contributed by atoms with E-state index in [-0.39, 0.29) is 17.7 Å². The van der Waals surface area contributed by atoms with Gasteiger partial charge in [0, 0.05) is 25.2 Å². The standard InChI is InChI=1S/C26H30N4O4/c1-16-10-17(2)12-20(11-16)23(32)30-9-5-7-19(15-30)22(31)27-14-18-6-4-8-21(13-18)26(3)24(33)28-25(34)29-26/h4,6,8,10-13,19H,5,7,9,14-15H2,1-3H3,(H,27,31)(H2,28,29,33,34). The molecule has 4 rings (SSSR count). The van der Waals surface area contributed by atoms with Crippen molar-refractivity contribution >= 4 is 23.8 Å². The highest BCUT2D eigenvalue weighted by Gasteiger charge is 2.43. The van der Waals surface area contributed by atoms with E-state index >= 15 is 0 Å². The van der Waals surface area contributed by atoms with Gasteiger partial charge in [-0.1, -0.05) is 41.5 Å². The first-order chi connectivity index (χ1) is 16.2. The summed E-state index contributed by atoms with van der Waals surface area (Å²) in [6.45, 7) is 6.91. The fourth-order valence-corrected chi connectivity index (χ4v) is 4.73. The molecule has 2 atom stereocenters. The number of likely N-dealkylation sites (tertiary alicyclic amines) is 1. The highest BCUT2D eigenvalue weighted by Crippen LogP contribution is 2.25. The van der Waals surface area contributed by atoms with Crippen molar-refractivity contribution in [2.45, 2.75) is 45.7 Å². The van der Waals surface area contributed by atoms with Gasteiger partial charge in [0.25, 0.3) is 11.8 Å². The summed E-state index contributed by atoms with van der Waals surface area (Å²) in [6.07, 6.45) is 1.50. The number of piperidine rings is 1. The highest BCUT2D eigenvalue weighted by atomic mass is 16.2. The lowest BCUT2D eigenvalue weighted by atomic mass is 9.91. The Morgan fingerprint density at radius 2 is 1.85 bits per heavy atom. The molecule has 2 unspecified atom stereocenters. The van der Waals surface area contributed by atoms with Crippen LogP contribution in [0.5, 0.6) is 0 Å². The van der Waals surface area contributed by atoms with Gasteiger partial charge in [-0.05, 0) is 56.9 Å². The lowest BCUT2D eigenvalue weighted by Crippen LogP contribution is -2.45. The molecule has 2 aromatic rings. The highest BCUT2D eigenvalue weighted by molar-refractivity contribution is 6.07. The predicted octanol–water partition coefficient (Wildman–Crippen LogP) is 2.53. The molecule has 2 aromatic carbocycles. The van der Waals surface area contributed by atoms with E-state index in [0.717, 1.165) is 29.5 Å². The van der Waals surface area contributed by atoms with Crippen molar-refractivity contribution in [3.05, 3.63) is 70.3 Å². The second-order valence-corrected chi connectivity index (χ2v) is 9.42. The Kier molecular flexibility index (Phi) is 6.41. The number of nitrogens with zero attached hydrogens (tertiary/aromatic N) is 1. The average molecular weight is 463 g/mol. The molecule has 34 heavy (non-hydrogen) atoms. The normalized spacial score (nSPS) is 22.2. The van der Waals surface area contributed by atoms with Crippen molar-refractivity contribution in [1.29, 1.82) is 0 Å². The average Bonchev–Trinajstić information content (AvgIpc) is 3.08. The number of carbonyl (C=O) groups is 4. The van der Waals surface area contributed by atoms with Gasteiger partial charge in [-0.2, -0.15) is 0 Å². The summed E-state index contributed by atoms with van der Waals surface area (Å²) >= 11 is 0. The maximum absolute atomic E-state index is 13.0. The summed E-state index contributed by atoms with van der Waals surface area (Å²) in [7, 11) is 0. The molecule has 0 aliphatic carbocycles. The van der Waals surface area contributed by atoms with E-state index in [1.807, 2.05) is 44.2 Å². The van der Waals surface area contributed by atoms with E-state index in [4.69, 9.17) is 0 Å². The third-order valence-corrected chi connectivity index (χ3v) is 6.56. The Bertz CT molecular complexity index is 1140. The number of aryl methyl sites for hydroxylation is 2. The molecule has 3 N–H and O–H groups in total.